The van der Waals surface area contributed by atoms with E-state index in [1.165, 1.54) is 16.2 Å². The number of piperazine rings is 1. The summed E-state index contributed by atoms with van der Waals surface area (Å²) in [4.78, 5) is 17.2. The lowest BCUT2D eigenvalue weighted by atomic mass is 10.1. The summed E-state index contributed by atoms with van der Waals surface area (Å²) < 4.78 is 5.24. The monoisotopic (exact) mass is 397 g/mol. The van der Waals surface area contributed by atoms with Crippen LogP contribution in [0, 0.1) is 0 Å². The number of anilines is 2. The van der Waals surface area contributed by atoms with Crippen LogP contribution in [0.2, 0.25) is 0 Å². The van der Waals surface area contributed by atoms with Gasteiger partial charge in [0.1, 0.15) is 5.82 Å². The largest absolute Gasteiger partial charge is 0.383 e. The van der Waals surface area contributed by atoms with Crippen molar-refractivity contribution < 1.29 is 4.74 Å². The highest BCUT2D eigenvalue weighted by molar-refractivity contribution is 8.08. The predicted octanol–water partition coefficient (Wildman–Crippen LogP) is 3.14. The summed E-state index contributed by atoms with van der Waals surface area (Å²) in [5.74, 6) is 1.89. The van der Waals surface area contributed by atoms with Crippen molar-refractivity contribution in [1.29, 1.82) is 0 Å². The van der Waals surface area contributed by atoms with Gasteiger partial charge in [0.15, 0.2) is 0 Å². The van der Waals surface area contributed by atoms with E-state index in [9.17, 15) is 0 Å². The Balaban J connectivity index is 1.45. The van der Waals surface area contributed by atoms with E-state index in [1.807, 2.05) is 30.4 Å². The molecular weight excluding hydrogens is 370 g/mol. The van der Waals surface area contributed by atoms with Gasteiger partial charge in [-0.25, -0.2) is 4.98 Å². The first kappa shape index (κ1) is 19.2. The van der Waals surface area contributed by atoms with Gasteiger partial charge < -0.3 is 14.5 Å². The SMILES string of the molecule is COCCN1CCN(c2ccnc(N3C=C(c4ccncc4)SC3)c2)C[C@H]1C. The Hall–Kier alpha value is -2.09. The summed E-state index contributed by atoms with van der Waals surface area (Å²) in [5.41, 5.74) is 2.46. The fourth-order valence-corrected chi connectivity index (χ4v) is 4.68. The highest BCUT2D eigenvalue weighted by Crippen LogP contribution is 2.36. The van der Waals surface area contributed by atoms with Crippen molar-refractivity contribution in [3.63, 3.8) is 0 Å². The highest BCUT2D eigenvalue weighted by Gasteiger charge is 2.24. The molecule has 4 rings (SSSR count). The van der Waals surface area contributed by atoms with E-state index in [-0.39, 0.29) is 0 Å². The van der Waals surface area contributed by atoms with Crippen molar-refractivity contribution >= 4 is 28.2 Å². The Morgan fingerprint density at radius 3 is 2.82 bits per heavy atom. The second-order valence-electron chi connectivity index (χ2n) is 7.17. The fourth-order valence-electron chi connectivity index (χ4n) is 3.69. The molecule has 2 aliphatic heterocycles. The topological polar surface area (TPSA) is 44.7 Å². The van der Waals surface area contributed by atoms with Crippen LogP contribution in [-0.4, -0.2) is 66.7 Å². The molecule has 0 N–H and O–H groups in total. The van der Waals surface area contributed by atoms with Crippen LogP contribution < -0.4 is 9.80 Å². The number of nitrogens with zero attached hydrogens (tertiary/aromatic N) is 5. The third kappa shape index (κ3) is 4.32. The molecule has 7 heteroatoms. The van der Waals surface area contributed by atoms with Crippen LogP contribution in [0.4, 0.5) is 11.5 Å². The summed E-state index contributed by atoms with van der Waals surface area (Å²) in [6, 6.07) is 8.95. The Bertz CT molecular complexity index is 815. The zero-order chi connectivity index (χ0) is 19.3. The van der Waals surface area contributed by atoms with Crippen LogP contribution in [0.15, 0.2) is 49.1 Å². The van der Waals surface area contributed by atoms with Crippen LogP contribution in [0.25, 0.3) is 4.91 Å². The van der Waals surface area contributed by atoms with Crippen LogP contribution in [0.1, 0.15) is 12.5 Å². The molecule has 148 valence electrons. The minimum atomic E-state index is 0.515. The molecule has 2 aromatic heterocycles. The number of rotatable bonds is 6. The summed E-state index contributed by atoms with van der Waals surface area (Å²) in [5, 5.41) is 0. The first-order chi connectivity index (χ1) is 13.7. The molecule has 0 amide bonds. The van der Waals surface area contributed by atoms with Crippen molar-refractivity contribution in [3.8, 4) is 0 Å². The van der Waals surface area contributed by atoms with Crippen LogP contribution in [-0.2, 0) is 4.74 Å². The van der Waals surface area contributed by atoms with E-state index >= 15 is 0 Å². The van der Waals surface area contributed by atoms with Crippen molar-refractivity contribution in [3.05, 3.63) is 54.6 Å². The maximum atomic E-state index is 5.24. The van der Waals surface area contributed by atoms with E-state index in [2.05, 4.69) is 62.1 Å². The van der Waals surface area contributed by atoms with Gasteiger partial charge in [0.05, 0.1) is 12.5 Å². The van der Waals surface area contributed by atoms with E-state index < -0.39 is 0 Å². The van der Waals surface area contributed by atoms with Crippen molar-refractivity contribution in [2.24, 2.45) is 0 Å². The number of ether oxygens (including phenoxy) is 1. The first-order valence-electron chi connectivity index (χ1n) is 9.70. The molecule has 0 aromatic carbocycles. The molecule has 0 saturated carbocycles. The standard InChI is InChI=1S/C21H27N5OS/c1-17-14-25(10-9-24(17)11-12-27-2)19-5-8-23-21(13-19)26-15-20(28-16-26)18-3-6-22-7-4-18/h3-8,13,15,17H,9-12,14,16H2,1-2H3/t17-/m1/s1. The molecule has 0 unspecified atom stereocenters. The lowest BCUT2D eigenvalue weighted by molar-refractivity contribution is 0.117. The molecule has 0 aliphatic carbocycles. The lowest BCUT2D eigenvalue weighted by Crippen LogP contribution is -2.52. The van der Waals surface area contributed by atoms with Gasteiger partial charge in [-0.05, 0) is 30.7 Å². The van der Waals surface area contributed by atoms with Gasteiger partial charge in [-0.1, -0.05) is 0 Å². The Morgan fingerprint density at radius 2 is 2.04 bits per heavy atom. The summed E-state index contributed by atoms with van der Waals surface area (Å²) in [6.45, 7) is 7.21. The fraction of sp³-hybridized carbons (Fsp3) is 0.429. The molecule has 4 heterocycles. The van der Waals surface area contributed by atoms with Crippen molar-refractivity contribution in [1.82, 2.24) is 14.9 Å². The van der Waals surface area contributed by atoms with Gasteiger partial charge in [0.2, 0.25) is 0 Å². The first-order valence-corrected chi connectivity index (χ1v) is 10.7. The lowest BCUT2D eigenvalue weighted by Gasteiger charge is -2.41. The zero-order valence-electron chi connectivity index (χ0n) is 16.5. The molecule has 1 atom stereocenters. The number of aromatic nitrogens is 2. The number of pyridine rings is 2. The Labute approximate surface area is 171 Å². The number of methoxy groups -OCH3 is 1. The van der Waals surface area contributed by atoms with E-state index in [4.69, 9.17) is 4.74 Å². The molecule has 0 spiro atoms. The quantitative estimate of drug-likeness (QED) is 0.742. The molecule has 6 nitrogen and oxygen atoms in total. The minimum Gasteiger partial charge on any atom is -0.383 e. The maximum Gasteiger partial charge on any atom is 0.135 e. The Kier molecular flexibility index (Phi) is 6.14. The highest BCUT2D eigenvalue weighted by atomic mass is 32.2. The minimum absolute atomic E-state index is 0.515. The number of hydrogen-bond donors (Lipinski definition) is 0. The second-order valence-corrected chi connectivity index (χ2v) is 8.16. The Morgan fingerprint density at radius 1 is 1.18 bits per heavy atom. The van der Waals surface area contributed by atoms with E-state index in [0.29, 0.717) is 6.04 Å². The average molecular weight is 398 g/mol. The molecule has 0 bridgehead atoms. The smallest absolute Gasteiger partial charge is 0.135 e. The molecule has 0 radical (unpaired) electrons. The third-order valence-corrected chi connectivity index (χ3v) is 6.39. The maximum absolute atomic E-state index is 5.24. The van der Waals surface area contributed by atoms with Gasteiger partial charge in [0, 0.05) is 80.8 Å². The molecule has 2 aliphatic rings. The number of hydrogen-bond acceptors (Lipinski definition) is 7. The van der Waals surface area contributed by atoms with Gasteiger partial charge in [-0.2, -0.15) is 0 Å². The second kappa shape index (κ2) is 8.94. The molecule has 2 aromatic rings. The van der Waals surface area contributed by atoms with Crippen molar-refractivity contribution in [2.45, 2.75) is 13.0 Å². The normalized spacial score (nSPS) is 20.5. The zero-order valence-corrected chi connectivity index (χ0v) is 17.3. The summed E-state index contributed by atoms with van der Waals surface area (Å²) >= 11 is 1.84. The molecule has 1 fully saturated rings. The predicted molar refractivity (Wildman–Crippen MR) is 117 cm³/mol. The molecule has 1 saturated heterocycles. The van der Waals surface area contributed by atoms with Crippen LogP contribution in [0.3, 0.4) is 0 Å². The van der Waals surface area contributed by atoms with Gasteiger partial charge >= 0.3 is 0 Å². The molecular formula is C21H27N5OS. The van der Waals surface area contributed by atoms with Crippen LogP contribution >= 0.6 is 11.8 Å². The van der Waals surface area contributed by atoms with E-state index in [0.717, 1.165) is 44.5 Å². The number of thioether (sulfide) groups is 1. The van der Waals surface area contributed by atoms with E-state index in [1.54, 1.807) is 7.11 Å². The molecule has 28 heavy (non-hydrogen) atoms. The van der Waals surface area contributed by atoms with Gasteiger partial charge in [-0.15, -0.1) is 11.8 Å². The average Bonchev–Trinajstić information content (AvgIpc) is 3.24. The third-order valence-electron chi connectivity index (χ3n) is 5.33. The van der Waals surface area contributed by atoms with Crippen LogP contribution in [0.5, 0.6) is 0 Å². The summed E-state index contributed by atoms with van der Waals surface area (Å²) in [7, 11) is 1.77. The van der Waals surface area contributed by atoms with Gasteiger partial charge in [-0.3, -0.25) is 9.88 Å². The van der Waals surface area contributed by atoms with Gasteiger partial charge in [0.25, 0.3) is 0 Å². The van der Waals surface area contributed by atoms with Crippen molar-refractivity contribution in [2.75, 3.05) is 55.6 Å². The summed E-state index contributed by atoms with van der Waals surface area (Å²) in [6.07, 6.45) is 7.80.